The molecule has 1 saturated heterocycles. The van der Waals surface area contributed by atoms with Crippen LogP contribution in [0, 0.1) is 11.6 Å². The number of ether oxygens (including phenoxy) is 2. The third-order valence-electron chi connectivity index (χ3n) is 7.55. The standard InChI is InChI=1S/C32H32F2N4O4S/c1-5-28(39)36-22-16-21(38-13-11-37(6-2)12-14-38)9-7-19(22)15-20-8-10-26-23(35-20)17-27(43-26)32(40)29-30(33)24(41-3)18-25(42-4)31(29)34/h5,7-10,16-18H,1,6,11-15H2,2-4H3,(H,36,39). The molecule has 4 aromatic rings. The molecule has 224 valence electrons. The molecule has 0 atom stereocenters. The van der Waals surface area contributed by atoms with Crippen molar-refractivity contribution < 1.29 is 27.8 Å². The average Bonchev–Trinajstić information content (AvgIpc) is 3.45. The fraction of sp³-hybridized carbons (Fsp3) is 0.281. The predicted octanol–water partition coefficient (Wildman–Crippen LogP) is 5.68. The van der Waals surface area contributed by atoms with Crippen LogP contribution in [0.1, 0.15) is 33.4 Å². The number of amides is 1. The van der Waals surface area contributed by atoms with Gasteiger partial charge >= 0.3 is 0 Å². The number of benzene rings is 2. The Morgan fingerprint density at radius 2 is 1.72 bits per heavy atom. The molecule has 3 heterocycles. The Hall–Kier alpha value is -4.35. The fourth-order valence-electron chi connectivity index (χ4n) is 5.12. The van der Waals surface area contributed by atoms with Gasteiger partial charge in [-0.3, -0.25) is 14.6 Å². The van der Waals surface area contributed by atoms with Crippen LogP contribution >= 0.6 is 11.3 Å². The zero-order valence-corrected chi connectivity index (χ0v) is 25.0. The lowest BCUT2D eigenvalue weighted by atomic mass is 10.0. The molecule has 2 aromatic heterocycles. The average molecular weight is 607 g/mol. The van der Waals surface area contributed by atoms with Crippen LogP contribution in [0.5, 0.6) is 11.5 Å². The maximum atomic E-state index is 15.0. The van der Waals surface area contributed by atoms with Crippen LogP contribution in [0.4, 0.5) is 20.2 Å². The third kappa shape index (κ3) is 6.23. The molecular weight excluding hydrogens is 574 g/mol. The lowest BCUT2D eigenvalue weighted by Crippen LogP contribution is -2.46. The number of halogens is 2. The second-order valence-corrected chi connectivity index (χ2v) is 11.1. The summed E-state index contributed by atoms with van der Waals surface area (Å²) in [5.41, 5.74) is 3.02. The lowest BCUT2D eigenvalue weighted by molar-refractivity contribution is -0.111. The molecule has 2 aromatic carbocycles. The summed E-state index contributed by atoms with van der Waals surface area (Å²) in [5, 5.41) is 2.93. The number of methoxy groups -OCH3 is 2. The largest absolute Gasteiger partial charge is 0.494 e. The van der Waals surface area contributed by atoms with Gasteiger partial charge in [-0.05, 0) is 48.5 Å². The number of carbonyl (C=O) groups is 2. The van der Waals surface area contributed by atoms with Crippen molar-refractivity contribution >= 4 is 44.6 Å². The van der Waals surface area contributed by atoms with E-state index in [0.717, 1.165) is 61.4 Å². The lowest BCUT2D eigenvalue weighted by Gasteiger charge is -2.35. The van der Waals surface area contributed by atoms with Gasteiger partial charge in [-0.2, -0.15) is 0 Å². The smallest absolute Gasteiger partial charge is 0.247 e. The predicted molar refractivity (Wildman–Crippen MR) is 165 cm³/mol. The van der Waals surface area contributed by atoms with Gasteiger partial charge in [0, 0.05) is 55.7 Å². The molecule has 1 fully saturated rings. The molecule has 11 heteroatoms. The Morgan fingerprint density at radius 1 is 1.02 bits per heavy atom. The van der Waals surface area contributed by atoms with Crippen molar-refractivity contribution in [3.8, 4) is 11.5 Å². The first-order valence-corrected chi connectivity index (χ1v) is 14.7. The van der Waals surface area contributed by atoms with Crippen molar-refractivity contribution in [2.75, 3.05) is 57.2 Å². The second-order valence-electron chi connectivity index (χ2n) is 10.0. The Morgan fingerprint density at radius 3 is 2.35 bits per heavy atom. The van der Waals surface area contributed by atoms with Crippen LogP contribution in [0.2, 0.25) is 0 Å². The summed E-state index contributed by atoms with van der Waals surface area (Å²) in [6.45, 7) is 10.5. The van der Waals surface area contributed by atoms with E-state index in [1.54, 1.807) is 0 Å². The van der Waals surface area contributed by atoms with Gasteiger partial charge in [-0.25, -0.2) is 8.78 Å². The van der Waals surface area contributed by atoms with E-state index >= 15 is 0 Å². The van der Waals surface area contributed by atoms with E-state index in [0.29, 0.717) is 28.0 Å². The highest BCUT2D eigenvalue weighted by atomic mass is 32.1. The van der Waals surface area contributed by atoms with Gasteiger partial charge < -0.3 is 24.6 Å². The summed E-state index contributed by atoms with van der Waals surface area (Å²) in [7, 11) is 2.45. The number of hydrogen-bond acceptors (Lipinski definition) is 8. The summed E-state index contributed by atoms with van der Waals surface area (Å²) < 4.78 is 40.6. The molecule has 1 aliphatic rings. The normalized spacial score (nSPS) is 13.7. The highest BCUT2D eigenvalue weighted by Crippen LogP contribution is 2.35. The molecular formula is C32H32F2N4O4S. The van der Waals surface area contributed by atoms with Gasteiger partial charge in [0.2, 0.25) is 11.7 Å². The number of pyridine rings is 1. The van der Waals surface area contributed by atoms with Crippen molar-refractivity contribution in [3.05, 3.63) is 88.5 Å². The van der Waals surface area contributed by atoms with Crippen molar-refractivity contribution in [1.29, 1.82) is 0 Å². The first-order chi connectivity index (χ1) is 20.8. The topological polar surface area (TPSA) is 84.0 Å². The molecule has 0 saturated carbocycles. The minimum atomic E-state index is -1.10. The number of anilines is 2. The third-order valence-corrected chi connectivity index (χ3v) is 8.64. The van der Waals surface area contributed by atoms with Gasteiger partial charge in [-0.1, -0.05) is 19.6 Å². The molecule has 0 radical (unpaired) electrons. The van der Waals surface area contributed by atoms with E-state index in [-0.39, 0.29) is 22.3 Å². The summed E-state index contributed by atoms with van der Waals surface area (Å²) in [4.78, 5) is 35.1. The number of thiophene rings is 1. The van der Waals surface area contributed by atoms with E-state index in [4.69, 9.17) is 14.5 Å². The SMILES string of the molecule is C=CC(=O)Nc1cc(N2CCN(CC)CC2)ccc1Cc1ccc2sc(C(=O)c3c(F)c(OC)cc(OC)c3F)cc2n1. The molecule has 0 bridgehead atoms. The maximum Gasteiger partial charge on any atom is 0.247 e. The van der Waals surface area contributed by atoms with Crippen LogP contribution in [0.15, 0.2) is 55.1 Å². The molecule has 0 aliphatic carbocycles. The quantitative estimate of drug-likeness (QED) is 0.184. The summed E-state index contributed by atoms with van der Waals surface area (Å²) >= 11 is 1.09. The number of piperazine rings is 1. The van der Waals surface area contributed by atoms with Crippen LogP contribution < -0.4 is 19.7 Å². The monoisotopic (exact) mass is 606 g/mol. The van der Waals surface area contributed by atoms with E-state index in [1.807, 2.05) is 30.3 Å². The van der Waals surface area contributed by atoms with Gasteiger partial charge in [0.1, 0.15) is 5.56 Å². The number of nitrogens with one attached hydrogen (secondary N) is 1. The van der Waals surface area contributed by atoms with Gasteiger partial charge in [0.05, 0.1) is 29.3 Å². The second kappa shape index (κ2) is 12.9. The van der Waals surface area contributed by atoms with Crippen molar-refractivity contribution in [3.63, 3.8) is 0 Å². The first kappa shape index (κ1) is 30.1. The number of nitrogens with zero attached hydrogens (tertiary/aromatic N) is 3. The van der Waals surface area contributed by atoms with Crippen molar-refractivity contribution in [2.24, 2.45) is 0 Å². The molecule has 43 heavy (non-hydrogen) atoms. The Balaban J connectivity index is 1.43. The van der Waals surface area contributed by atoms with Gasteiger partial charge in [0.15, 0.2) is 23.1 Å². The Bertz CT molecular complexity index is 1670. The highest BCUT2D eigenvalue weighted by Gasteiger charge is 2.28. The summed E-state index contributed by atoms with van der Waals surface area (Å²) in [6, 6.07) is 12.2. The fourth-order valence-corrected chi connectivity index (χ4v) is 6.06. The highest BCUT2D eigenvalue weighted by molar-refractivity contribution is 7.20. The number of aromatic nitrogens is 1. The Kier molecular flexibility index (Phi) is 9.02. The van der Waals surface area contributed by atoms with E-state index in [9.17, 15) is 18.4 Å². The number of hydrogen-bond donors (Lipinski definition) is 1. The molecule has 1 aliphatic heterocycles. The number of ketones is 1. The van der Waals surface area contributed by atoms with E-state index in [1.165, 1.54) is 26.4 Å². The molecule has 5 rings (SSSR count). The maximum absolute atomic E-state index is 15.0. The number of carbonyl (C=O) groups excluding carboxylic acids is 2. The van der Waals surface area contributed by atoms with Crippen LogP contribution in [-0.4, -0.2) is 68.5 Å². The zero-order valence-electron chi connectivity index (χ0n) is 24.2. The number of fused-ring (bicyclic) bond motifs is 1. The van der Waals surface area contributed by atoms with Crippen LogP contribution in [0.25, 0.3) is 10.2 Å². The molecule has 0 unspecified atom stereocenters. The van der Waals surface area contributed by atoms with E-state index < -0.39 is 23.0 Å². The molecule has 0 spiro atoms. The number of rotatable bonds is 10. The zero-order chi connectivity index (χ0) is 30.7. The molecule has 8 nitrogen and oxygen atoms in total. The molecule has 1 amide bonds. The summed E-state index contributed by atoms with van der Waals surface area (Å²) in [6.07, 6.45) is 1.64. The first-order valence-electron chi connectivity index (χ1n) is 13.8. The van der Waals surface area contributed by atoms with Crippen LogP contribution in [-0.2, 0) is 11.2 Å². The van der Waals surface area contributed by atoms with E-state index in [2.05, 4.69) is 28.6 Å². The van der Waals surface area contributed by atoms with Crippen molar-refractivity contribution in [2.45, 2.75) is 13.3 Å². The Labute approximate surface area is 252 Å². The molecule has 1 N–H and O–H groups in total. The minimum absolute atomic E-state index is 0.124. The van der Waals surface area contributed by atoms with Crippen LogP contribution in [0.3, 0.4) is 0 Å². The summed E-state index contributed by atoms with van der Waals surface area (Å²) in [5.74, 6) is -3.93. The minimum Gasteiger partial charge on any atom is -0.494 e. The number of likely N-dealkylation sites (N-methyl/N-ethyl adjacent to an activating group) is 1. The van der Waals surface area contributed by atoms with Crippen molar-refractivity contribution in [1.82, 2.24) is 9.88 Å². The van der Waals surface area contributed by atoms with Gasteiger partial charge in [-0.15, -0.1) is 11.3 Å². The van der Waals surface area contributed by atoms with Gasteiger partial charge in [0.25, 0.3) is 0 Å².